The van der Waals surface area contributed by atoms with Crippen LogP contribution < -0.4 is 5.73 Å². The second-order valence-corrected chi connectivity index (χ2v) is 2.96. The van der Waals surface area contributed by atoms with E-state index in [2.05, 4.69) is 0 Å². The number of benzene rings is 1. The van der Waals surface area contributed by atoms with Crippen molar-refractivity contribution in [2.75, 3.05) is 0 Å². The molecule has 66 valence electrons. The Morgan fingerprint density at radius 2 is 2.25 bits per heavy atom. The van der Waals surface area contributed by atoms with Crippen LogP contribution in [0.2, 0.25) is 0 Å². The maximum Gasteiger partial charge on any atom is 0.126 e. The van der Waals surface area contributed by atoms with E-state index in [9.17, 15) is 4.39 Å². The average molecular weight is 169 g/mol. The maximum atomic E-state index is 13.0. The van der Waals surface area contributed by atoms with Crippen LogP contribution in [0.5, 0.6) is 5.75 Å². The van der Waals surface area contributed by atoms with Gasteiger partial charge in [-0.2, -0.15) is 0 Å². The van der Waals surface area contributed by atoms with E-state index in [-0.39, 0.29) is 17.6 Å². The molecule has 0 saturated carbocycles. The van der Waals surface area contributed by atoms with Crippen molar-refractivity contribution in [3.8, 4) is 5.75 Å². The molecule has 1 aromatic rings. The van der Waals surface area contributed by atoms with Crippen molar-refractivity contribution in [1.29, 1.82) is 0 Å². The number of aromatic hydroxyl groups is 1. The van der Waals surface area contributed by atoms with Gasteiger partial charge in [0.2, 0.25) is 0 Å². The lowest BCUT2D eigenvalue weighted by atomic mass is 10.1. The number of rotatable bonds is 2. The topological polar surface area (TPSA) is 46.2 Å². The minimum atomic E-state index is -0.315. The van der Waals surface area contributed by atoms with Crippen LogP contribution in [0.4, 0.5) is 4.39 Å². The van der Waals surface area contributed by atoms with Crippen molar-refractivity contribution in [1.82, 2.24) is 0 Å². The van der Waals surface area contributed by atoms with Gasteiger partial charge in [0.15, 0.2) is 0 Å². The largest absolute Gasteiger partial charge is 0.508 e. The lowest BCUT2D eigenvalue weighted by Gasteiger charge is -2.06. The highest BCUT2D eigenvalue weighted by Gasteiger charge is 2.04. The summed E-state index contributed by atoms with van der Waals surface area (Å²) in [6.45, 7) is 1.80. The van der Waals surface area contributed by atoms with Gasteiger partial charge < -0.3 is 10.8 Å². The molecule has 3 heteroatoms. The molecule has 0 saturated heterocycles. The van der Waals surface area contributed by atoms with Gasteiger partial charge in [0, 0.05) is 6.04 Å². The van der Waals surface area contributed by atoms with Gasteiger partial charge in [0.05, 0.1) is 0 Å². The SMILES string of the molecule is CC(N)Cc1cc(O)ccc1F. The number of phenols is 1. The van der Waals surface area contributed by atoms with Gasteiger partial charge in [-0.1, -0.05) is 0 Å². The smallest absolute Gasteiger partial charge is 0.126 e. The summed E-state index contributed by atoms with van der Waals surface area (Å²) in [7, 11) is 0. The van der Waals surface area contributed by atoms with E-state index >= 15 is 0 Å². The summed E-state index contributed by atoms with van der Waals surface area (Å²) >= 11 is 0. The van der Waals surface area contributed by atoms with Crippen LogP contribution in [-0.2, 0) is 6.42 Å². The number of hydrogen-bond acceptors (Lipinski definition) is 2. The lowest BCUT2D eigenvalue weighted by molar-refractivity contribution is 0.470. The summed E-state index contributed by atoms with van der Waals surface area (Å²) in [6, 6.07) is 3.87. The molecule has 0 aliphatic carbocycles. The minimum absolute atomic E-state index is 0.0760. The number of hydrogen-bond donors (Lipinski definition) is 2. The third-order valence-corrected chi connectivity index (χ3v) is 1.57. The van der Waals surface area contributed by atoms with Gasteiger partial charge in [-0.05, 0) is 37.1 Å². The Morgan fingerprint density at radius 3 is 2.83 bits per heavy atom. The van der Waals surface area contributed by atoms with Gasteiger partial charge in [-0.15, -0.1) is 0 Å². The molecule has 1 rings (SSSR count). The molecule has 0 aliphatic rings. The summed E-state index contributed by atoms with van der Waals surface area (Å²) in [5.41, 5.74) is 5.96. The van der Waals surface area contributed by atoms with E-state index in [1.165, 1.54) is 18.2 Å². The van der Waals surface area contributed by atoms with E-state index < -0.39 is 0 Å². The lowest BCUT2D eigenvalue weighted by Crippen LogP contribution is -2.18. The minimum Gasteiger partial charge on any atom is -0.508 e. The van der Waals surface area contributed by atoms with Crippen molar-refractivity contribution in [2.45, 2.75) is 19.4 Å². The molecule has 0 bridgehead atoms. The van der Waals surface area contributed by atoms with Gasteiger partial charge in [-0.3, -0.25) is 0 Å². The predicted molar refractivity (Wildman–Crippen MR) is 45.4 cm³/mol. The second kappa shape index (κ2) is 3.54. The molecule has 0 amide bonds. The molecular weight excluding hydrogens is 157 g/mol. The standard InChI is InChI=1S/C9H12FNO/c1-6(11)4-7-5-8(12)2-3-9(7)10/h2-3,5-6,12H,4,11H2,1H3. The monoisotopic (exact) mass is 169 g/mol. The Hall–Kier alpha value is -1.09. The molecule has 3 N–H and O–H groups in total. The summed E-state index contributed by atoms with van der Waals surface area (Å²) in [4.78, 5) is 0. The third-order valence-electron chi connectivity index (χ3n) is 1.57. The molecular formula is C9H12FNO. The van der Waals surface area contributed by atoms with Gasteiger partial charge in [-0.25, -0.2) is 4.39 Å². The molecule has 1 atom stereocenters. The summed E-state index contributed by atoms with van der Waals surface area (Å²) in [5, 5.41) is 9.04. The Bertz CT molecular complexity index is 273. The molecule has 0 aliphatic heterocycles. The fourth-order valence-electron chi connectivity index (χ4n) is 1.06. The Labute approximate surface area is 70.8 Å². The number of halogens is 1. The van der Waals surface area contributed by atoms with Crippen LogP contribution in [0.25, 0.3) is 0 Å². The zero-order valence-electron chi connectivity index (χ0n) is 6.92. The van der Waals surface area contributed by atoms with E-state index in [0.717, 1.165) is 0 Å². The molecule has 0 spiro atoms. The molecule has 0 radical (unpaired) electrons. The van der Waals surface area contributed by atoms with E-state index in [0.29, 0.717) is 12.0 Å². The van der Waals surface area contributed by atoms with Crippen LogP contribution in [0, 0.1) is 5.82 Å². The van der Waals surface area contributed by atoms with Crippen molar-refractivity contribution in [3.05, 3.63) is 29.6 Å². The van der Waals surface area contributed by atoms with Crippen molar-refractivity contribution in [2.24, 2.45) is 5.73 Å². The highest BCUT2D eigenvalue weighted by atomic mass is 19.1. The fourth-order valence-corrected chi connectivity index (χ4v) is 1.06. The summed E-state index contributed by atoms with van der Waals surface area (Å²) in [6.07, 6.45) is 0.445. The molecule has 0 fully saturated rings. The van der Waals surface area contributed by atoms with Crippen LogP contribution in [0.1, 0.15) is 12.5 Å². The Kier molecular flexibility index (Phi) is 2.65. The number of phenolic OH excluding ortho intramolecular Hbond substituents is 1. The van der Waals surface area contributed by atoms with Crippen molar-refractivity contribution in [3.63, 3.8) is 0 Å². The van der Waals surface area contributed by atoms with Crippen LogP contribution in [0.15, 0.2) is 18.2 Å². The van der Waals surface area contributed by atoms with Crippen molar-refractivity contribution >= 4 is 0 Å². The van der Waals surface area contributed by atoms with Gasteiger partial charge in [0.1, 0.15) is 11.6 Å². The third kappa shape index (κ3) is 2.20. The van der Waals surface area contributed by atoms with E-state index in [1.807, 2.05) is 0 Å². The zero-order valence-corrected chi connectivity index (χ0v) is 6.92. The van der Waals surface area contributed by atoms with Crippen LogP contribution in [-0.4, -0.2) is 11.1 Å². The molecule has 2 nitrogen and oxygen atoms in total. The molecule has 1 aromatic carbocycles. The van der Waals surface area contributed by atoms with Crippen molar-refractivity contribution < 1.29 is 9.50 Å². The highest BCUT2D eigenvalue weighted by molar-refractivity contribution is 5.29. The zero-order chi connectivity index (χ0) is 9.14. The Balaban J connectivity index is 2.90. The van der Waals surface area contributed by atoms with Crippen LogP contribution >= 0.6 is 0 Å². The van der Waals surface area contributed by atoms with E-state index in [1.54, 1.807) is 6.92 Å². The first-order valence-corrected chi connectivity index (χ1v) is 3.82. The first-order chi connectivity index (χ1) is 5.59. The van der Waals surface area contributed by atoms with Gasteiger partial charge >= 0.3 is 0 Å². The quantitative estimate of drug-likeness (QED) is 0.703. The molecule has 0 aromatic heterocycles. The first kappa shape index (κ1) is 9.00. The second-order valence-electron chi connectivity index (χ2n) is 2.96. The normalized spacial score (nSPS) is 12.9. The van der Waals surface area contributed by atoms with Crippen LogP contribution in [0.3, 0.4) is 0 Å². The average Bonchev–Trinajstić information content (AvgIpc) is 1.96. The molecule has 0 heterocycles. The highest BCUT2D eigenvalue weighted by Crippen LogP contribution is 2.16. The Morgan fingerprint density at radius 1 is 1.58 bits per heavy atom. The number of nitrogens with two attached hydrogens (primary N) is 1. The summed E-state index contributed by atoms with van der Waals surface area (Å²) in [5.74, 6) is -0.239. The maximum absolute atomic E-state index is 13.0. The predicted octanol–water partition coefficient (Wildman–Crippen LogP) is 1.42. The first-order valence-electron chi connectivity index (χ1n) is 3.82. The molecule has 1 unspecified atom stereocenters. The molecule has 12 heavy (non-hydrogen) atoms. The summed E-state index contributed by atoms with van der Waals surface area (Å²) < 4.78 is 13.0. The van der Waals surface area contributed by atoms with Gasteiger partial charge in [0.25, 0.3) is 0 Å². The fraction of sp³-hybridized carbons (Fsp3) is 0.333. The van der Waals surface area contributed by atoms with E-state index in [4.69, 9.17) is 10.8 Å².